The Morgan fingerprint density at radius 1 is 1.29 bits per heavy atom. The number of pyridine rings is 1. The van der Waals surface area contributed by atoms with Crippen LogP contribution >= 0.6 is 0 Å². The van der Waals surface area contributed by atoms with E-state index < -0.39 is 0 Å². The monoisotopic (exact) mass is 235 g/mol. The highest BCUT2D eigenvalue weighted by Gasteiger charge is 2.05. The van der Waals surface area contributed by atoms with Crippen LogP contribution in [0.4, 0.5) is 5.82 Å². The summed E-state index contributed by atoms with van der Waals surface area (Å²) >= 11 is 0. The molecule has 1 heterocycles. The molecule has 1 rings (SSSR count). The van der Waals surface area contributed by atoms with E-state index in [9.17, 15) is 0 Å². The van der Waals surface area contributed by atoms with Gasteiger partial charge in [-0.3, -0.25) is 0 Å². The lowest BCUT2D eigenvalue weighted by Crippen LogP contribution is -2.20. The van der Waals surface area contributed by atoms with Crippen molar-refractivity contribution in [2.24, 2.45) is 0 Å². The van der Waals surface area contributed by atoms with E-state index in [-0.39, 0.29) is 0 Å². The van der Waals surface area contributed by atoms with Crippen LogP contribution in [0.15, 0.2) is 12.1 Å². The Bertz CT molecular complexity index is 336. The van der Waals surface area contributed by atoms with E-state index >= 15 is 0 Å². The molecule has 0 saturated carbocycles. The number of nitrogens with one attached hydrogen (secondary N) is 1. The average molecular weight is 235 g/mol. The van der Waals surface area contributed by atoms with Crippen molar-refractivity contribution in [2.45, 2.75) is 40.2 Å². The number of rotatable bonds is 7. The van der Waals surface area contributed by atoms with Gasteiger partial charge in [-0.1, -0.05) is 26.3 Å². The SMILES string of the molecule is CCCCN(C)c1ccc(CNCC)c(C)n1. The van der Waals surface area contributed by atoms with Crippen molar-refractivity contribution in [3.05, 3.63) is 23.4 Å². The minimum atomic E-state index is 0.911. The molecule has 17 heavy (non-hydrogen) atoms. The molecule has 3 heteroatoms. The fourth-order valence-corrected chi connectivity index (χ4v) is 1.75. The van der Waals surface area contributed by atoms with E-state index in [4.69, 9.17) is 0 Å². The molecule has 0 unspecified atom stereocenters. The van der Waals surface area contributed by atoms with Gasteiger partial charge in [-0.05, 0) is 31.5 Å². The highest BCUT2D eigenvalue weighted by molar-refractivity contribution is 5.40. The molecule has 0 aliphatic carbocycles. The Hall–Kier alpha value is -1.09. The summed E-state index contributed by atoms with van der Waals surface area (Å²) in [5.41, 5.74) is 2.42. The lowest BCUT2D eigenvalue weighted by Gasteiger charge is -2.19. The fourth-order valence-electron chi connectivity index (χ4n) is 1.75. The number of nitrogens with zero attached hydrogens (tertiary/aromatic N) is 2. The van der Waals surface area contributed by atoms with E-state index in [1.807, 2.05) is 0 Å². The molecule has 0 spiro atoms. The largest absolute Gasteiger partial charge is 0.360 e. The van der Waals surface area contributed by atoms with Crippen LogP contribution in [0.5, 0.6) is 0 Å². The Kier molecular flexibility index (Phi) is 5.98. The van der Waals surface area contributed by atoms with Gasteiger partial charge in [0.1, 0.15) is 5.82 Å². The summed E-state index contributed by atoms with van der Waals surface area (Å²) in [6.07, 6.45) is 2.44. The molecule has 96 valence electrons. The van der Waals surface area contributed by atoms with Gasteiger partial charge in [-0.2, -0.15) is 0 Å². The highest BCUT2D eigenvalue weighted by atomic mass is 15.2. The minimum absolute atomic E-state index is 0.911. The zero-order chi connectivity index (χ0) is 12.7. The van der Waals surface area contributed by atoms with Gasteiger partial charge in [0, 0.05) is 25.8 Å². The first kappa shape index (κ1) is 14.0. The molecular weight excluding hydrogens is 210 g/mol. The summed E-state index contributed by atoms with van der Waals surface area (Å²) in [4.78, 5) is 6.89. The minimum Gasteiger partial charge on any atom is -0.360 e. The van der Waals surface area contributed by atoms with Gasteiger partial charge in [0.05, 0.1) is 0 Å². The molecule has 0 bridgehead atoms. The van der Waals surface area contributed by atoms with Crippen molar-refractivity contribution in [1.82, 2.24) is 10.3 Å². The predicted molar refractivity (Wildman–Crippen MR) is 74.5 cm³/mol. The molecule has 0 aromatic carbocycles. The van der Waals surface area contributed by atoms with Crippen molar-refractivity contribution in [3.63, 3.8) is 0 Å². The topological polar surface area (TPSA) is 28.2 Å². The molecule has 0 radical (unpaired) electrons. The molecule has 0 saturated heterocycles. The molecule has 0 aliphatic rings. The van der Waals surface area contributed by atoms with Gasteiger partial charge in [-0.15, -0.1) is 0 Å². The van der Waals surface area contributed by atoms with Crippen LogP contribution in [-0.2, 0) is 6.54 Å². The highest BCUT2D eigenvalue weighted by Crippen LogP contribution is 2.14. The smallest absolute Gasteiger partial charge is 0.128 e. The summed E-state index contributed by atoms with van der Waals surface area (Å²) in [6.45, 7) is 9.41. The average Bonchev–Trinajstić information content (AvgIpc) is 2.34. The maximum absolute atomic E-state index is 4.66. The normalized spacial score (nSPS) is 10.6. The first-order valence-electron chi connectivity index (χ1n) is 6.57. The Labute approximate surface area is 105 Å². The molecule has 0 atom stereocenters. The first-order chi connectivity index (χ1) is 8.19. The third-order valence-electron chi connectivity index (χ3n) is 2.98. The van der Waals surface area contributed by atoms with E-state index in [2.05, 4.69) is 55.2 Å². The molecule has 0 fully saturated rings. The second-order valence-corrected chi connectivity index (χ2v) is 4.47. The van der Waals surface area contributed by atoms with E-state index in [0.29, 0.717) is 0 Å². The number of anilines is 1. The third kappa shape index (κ3) is 4.35. The van der Waals surface area contributed by atoms with Gasteiger partial charge < -0.3 is 10.2 Å². The summed E-state index contributed by atoms with van der Waals surface area (Å²) in [5.74, 6) is 1.08. The van der Waals surface area contributed by atoms with Gasteiger partial charge in [0.2, 0.25) is 0 Å². The van der Waals surface area contributed by atoms with Crippen molar-refractivity contribution in [3.8, 4) is 0 Å². The van der Waals surface area contributed by atoms with E-state index in [1.54, 1.807) is 0 Å². The maximum Gasteiger partial charge on any atom is 0.128 e. The summed E-state index contributed by atoms with van der Waals surface area (Å²) < 4.78 is 0. The fraction of sp³-hybridized carbons (Fsp3) is 0.643. The summed E-state index contributed by atoms with van der Waals surface area (Å²) in [6, 6.07) is 4.30. The van der Waals surface area contributed by atoms with E-state index in [1.165, 1.54) is 18.4 Å². The van der Waals surface area contributed by atoms with Crippen LogP contribution in [0.2, 0.25) is 0 Å². The van der Waals surface area contributed by atoms with Crippen molar-refractivity contribution >= 4 is 5.82 Å². The van der Waals surface area contributed by atoms with E-state index in [0.717, 1.165) is 31.1 Å². The van der Waals surface area contributed by atoms with Gasteiger partial charge >= 0.3 is 0 Å². The standard InChI is InChI=1S/C14H25N3/c1-5-7-10-17(4)14-9-8-13(11-15-6-2)12(3)16-14/h8-9,15H,5-7,10-11H2,1-4H3. The quantitative estimate of drug-likeness (QED) is 0.787. The first-order valence-corrected chi connectivity index (χ1v) is 6.57. The molecule has 1 aromatic heterocycles. The third-order valence-corrected chi connectivity index (χ3v) is 2.98. The summed E-state index contributed by atoms with van der Waals surface area (Å²) in [5, 5.41) is 3.33. The maximum atomic E-state index is 4.66. The van der Waals surface area contributed by atoms with Crippen LogP contribution in [0.3, 0.4) is 0 Å². The molecule has 3 nitrogen and oxygen atoms in total. The van der Waals surface area contributed by atoms with Gasteiger partial charge in [-0.25, -0.2) is 4.98 Å². The van der Waals surface area contributed by atoms with Crippen molar-refractivity contribution < 1.29 is 0 Å². The second-order valence-electron chi connectivity index (χ2n) is 4.47. The molecule has 1 aromatic rings. The number of aryl methyl sites for hydroxylation is 1. The van der Waals surface area contributed by atoms with Crippen LogP contribution < -0.4 is 10.2 Å². The number of hydrogen-bond acceptors (Lipinski definition) is 3. The van der Waals surface area contributed by atoms with Crippen LogP contribution in [0.1, 0.15) is 37.9 Å². The van der Waals surface area contributed by atoms with Gasteiger partial charge in [0.15, 0.2) is 0 Å². The molecule has 1 N–H and O–H groups in total. The van der Waals surface area contributed by atoms with Crippen molar-refractivity contribution in [1.29, 1.82) is 0 Å². The molecule has 0 amide bonds. The van der Waals surface area contributed by atoms with Crippen LogP contribution in [-0.4, -0.2) is 25.1 Å². The molecular formula is C14H25N3. The lowest BCUT2D eigenvalue weighted by molar-refractivity contribution is 0.717. The number of hydrogen-bond donors (Lipinski definition) is 1. The zero-order valence-electron chi connectivity index (χ0n) is 11.6. The summed E-state index contributed by atoms with van der Waals surface area (Å²) in [7, 11) is 2.11. The van der Waals surface area contributed by atoms with Gasteiger partial charge in [0.25, 0.3) is 0 Å². The second kappa shape index (κ2) is 7.28. The Morgan fingerprint density at radius 3 is 2.65 bits per heavy atom. The number of unbranched alkanes of at least 4 members (excludes halogenated alkanes) is 1. The van der Waals surface area contributed by atoms with Crippen molar-refractivity contribution in [2.75, 3.05) is 25.0 Å². The Balaban J connectivity index is 2.67. The molecule has 0 aliphatic heterocycles. The van der Waals surface area contributed by atoms with Crippen LogP contribution in [0, 0.1) is 6.92 Å². The Morgan fingerprint density at radius 2 is 2.06 bits per heavy atom. The lowest BCUT2D eigenvalue weighted by atomic mass is 10.2. The van der Waals surface area contributed by atoms with Crippen LogP contribution in [0.25, 0.3) is 0 Å². The zero-order valence-corrected chi connectivity index (χ0v) is 11.6. The predicted octanol–water partition coefficient (Wildman–Crippen LogP) is 2.74. The number of aromatic nitrogens is 1.